The molecule has 3 heteroatoms. The van der Waals surface area contributed by atoms with Crippen LogP contribution in [0.15, 0.2) is 188 Å². The number of nitriles is 1. The second-order valence-corrected chi connectivity index (χ2v) is 13.2. The lowest BCUT2D eigenvalue weighted by atomic mass is 9.87. The fourth-order valence-corrected chi connectivity index (χ4v) is 8.19. The second-order valence-electron chi connectivity index (χ2n) is 13.2. The Bertz CT molecular complexity index is 3010. The molecule has 0 saturated heterocycles. The molecule has 0 saturated carbocycles. The zero-order valence-corrected chi connectivity index (χ0v) is 28.2. The Morgan fingerprint density at radius 1 is 0.327 bits per heavy atom. The second kappa shape index (κ2) is 12.0. The van der Waals surface area contributed by atoms with Crippen molar-refractivity contribution in [1.29, 1.82) is 5.26 Å². The van der Waals surface area contributed by atoms with Crippen molar-refractivity contribution in [2.45, 2.75) is 0 Å². The first-order chi connectivity index (χ1) is 25.8. The van der Waals surface area contributed by atoms with E-state index in [1.54, 1.807) is 0 Å². The van der Waals surface area contributed by atoms with Crippen molar-refractivity contribution in [3.63, 3.8) is 0 Å². The van der Waals surface area contributed by atoms with Crippen molar-refractivity contribution in [2.24, 2.45) is 0 Å². The van der Waals surface area contributed by atoms with E-state index in [4.69, 9.17) is 0 Å². The summed E-state index contributed by atoms with van der Waals surface area (Å²) in [6, 6.07) is 69.2. The molecule has 0 bridgehead atoms. The van der Waals surface area contributed by atoms with Gasteiger partial charge in [-0.05, 0) is 82.4 Å². The number of nitrogens with zero attached hydrogens (tertiary/aromatic N) is 3. The van der Waals surface area contributed by atoms with Gasteiger partial charge in [0.1, 0.15) is 0 Å². The van der Waals surface area contributed by atoms with Gasteiger partial charge in [0.25, 0.3) is 0 Å². The van der Waals surface area contributed by atoms with Gasteiger partial charge in [0.2, 0.25) is 0 Å². The van der Waals surface area contributed by atoms with Crippen LogP contribution in [0, 0.1) is 11.3 Å². The lowest BCUT2D eigenvalue weighted by Crippen LogP contribution is -1.96. The first-order valence-corrected chi connectivity index (χ1v) is 17.6. The van der Waals surface area contributed by atoms with Gasteiger partial charge < -0.3 is 9.13 Å². The smallest absolute Gasteiger partial charge is 0.0991 e. The molecule has 8 aromatic carbocycles. The maximum Gasteiger partial charge on any atom is 0.0991 e. The number of fused-ring (bicyclic) bond motifs is 6. The highest BCUT2D eigenvalue weighted by Gasteiger charge is 2.21. The number of hydrogen-bond donors (Lipinski definition) is 0. The molecule has 0 aliphatic rings. The topological polar surface area (TPSA) is 33.6 Å². The normalized spacial score (nSPS) is 11.4. The van der Waals surface area contributed by atoms with Crippen LogP contribution in [0.25, 0.3) is 88.4 Å². The maximum atomic E-state index is 9.47. The summed E-state index contributed by atoms with van der Waals surface area (Å²) in [6.45, 7) is 0. The summed E-state index contributed by atoms with van der Waals surface area (Å²) < 4.78 is 4.73. The number of para-hydroxylation sites is 4. The predicted molar refractivity (Wildman–Crippen MR) is 216 cm³/mol. The SMILES string of the molecule is N#Cc1ccc(-n2c3ccccc3c3c(-c4ccccc4-c4ccccc4-c4cccc5c6ccccc6n(-c6ccccc6)c45)cccc32)cc1. The Morgan fingerprint density at radius 2 is 0.788 bits per heavy atom. The van der Waals surface area contributed by atoms with Crippen molar-refractivity contribution < 1.29 is 0 Å². The molecule has 2 heterocycles. The highest BCUT2D eigenvalue weighted by Crippen LogP contribution is 2.45. The third-order valence-corrected chi connectivity index (χ3v) is 10.4. The van der Waals surface area contributed by atoms with E-state index in [1.807, 2.05) is 24.3 Å². The van der Waals surface area contributed by atoms with E-state index in [9.17, 15) is 5.26 Å². The van der Waals surface area contributed by atoms with Crippen LogP contribution in [-0.2, 0) is 0 Å². The maximum absolute atomic E-state index is 9.47. The molecule has 0 unspecified atom stereocenters. The Kier molecular flexibility index (Phi) is 6.87. The average Bonchev–Trinajstić information content (AvgIpc) is 3.75. The average molecular weight is 662 g/mol. The largest absolute Gasteiger partial charge is 0.309 e. The summed E-state index contributed by atoms with van der Waals surface area (Å²) in [4.78, 5) is 0. The van der Waals surface area contributed by atoms with Crippen LogP contribution in [-0.4, -0.2) is 9.13 Å². The predicted octanol–water partition coefficient (Wildman–Crippen LogP) is 12.8. The van der Waals surface area contributed by atoms with Crippen LogP contribution < -0.4 is 0 Å². The summed E-state index contributed by atoms with van der Waals surface area (Å²) >= 11 is 0. The molecule has 0 atom stereocenters. The number of hydrogen-bond acceptors (Lipinski definition) is 1. The highest BCUT2D eigenvalue weighted by atomic mass is 15.0. The fourth-order valence-electron chi connectivity index (χ4n) is 8.19. The van der Waals surface area contributed by atoms with Gasteiger partial charge in [-0.15, -0.1) is 0 Å². The molecule has 52 heavy (non-hydrogen) atoms. The van der Waals surface area contributed by atoms with Crippen molar-refractivity contribution in [2.75, 3.05) is 0 Å². The molecule has 0 N–H and O–H groups in total. The molecule has 0 radical (unpaired) electrons. The van der Waals surface area contributed by atoms with E-state index in [-0.39, 0.29) is 0 Å². The summed E-state index contributed by atoms with van der Waals surface area (Å²) in [7, 11) is 0. The molecule has 0 amide bonds. The molecular formula is C49H31N3. The molecular weight excluding hydrogens is 631 g/mol. The van der Waals surface area contributed by atoms with Crippen LogP contribution in [0.4, 0.5) is 0 Å². The lowest BCUT2D eigenvalue weighted by molar-refractivity contribution is 1.18. The number of aromatic nitrogens is 2. The van der Waals surface area contributed by atoms with Gasteiger partial charge in [-0.2, -0.15) is 5.26 Å². The minimum absolute atomic E-state index is 0.651. The van der Waals surface area contributed by atoms with E-state index in [2.05, 4.69) is 179 Å². The highest BCUT2D eigenvalue weighted by molar-refractivity contribution is 6.18. The van der Waals surface area contributed by atoms with E-state index >= 15 is 0 Å². The zero-order valence-electron chi connectivity index (χ0n) is 28.2. The summed E-state index contributed by atoms with van der Waals surface area (Å²) in [6.07, 6.45) is 0. The van der Waals surface area contributed by atoms with E-state index < -0.39 is 0 Å². The molecule has 10 aromatic rings. The Hall–Kier alpha value is -7.15. The van der Waals surface area contributed by atoms with Gasteiger partial charge in [-0.1, -0.05) is 133 Å². The molecule has 2 aromatic heterocycles. The van der Waals surface area contributed by atoms with Gasteiger partial charge in [-0.3, -0.25) is 0 Å². The monoisotopic (exact) mass is 661 g/mol. The van der Waals surface area contributed by atoms with Gasteiger partial charge in [0, 0.05) is 38.5 Å². The van der Waals surface area contributed by atoms with Crippen molar-refractivity contribution in [1.82, 2.24) is 9.13 Å². The molecule has 0 aliphatic carbocycles. The van der Waals surface area contributed by atoms with Crippen LogP contribution in [0.5, 0.6) is 0 Å². The van der Waals surface area contributed by atoms with Gasteiger partial charge >= 0.3 is 0 Å². The quantitative estimate of drug-likeness (QED) is 0.181. The van der Waals surface area contributed by atoms with Crippen LogP contribution in [0.1, 0.15) is 5.56 Å². The standard InChI is InChI=1S/C49H31N3/c50-32-33-28-30-35(31-29-33)51-46-26-11-9-21-44(46)48-41(22-13-27-47(48)51)38-18-6-4-16-36(38)37-17-5-7-19-39(37)42-23-12-24-43-40-20-8-10-25-45(40)52(49(42)43)34-14-2-1-3-15-34/h1-31H. The van der Waals surface area contributed by atoms with Crippen LogP contribution in [0.2, 0.25) is 0 Å². The fraction of sp³-hybridized carbons (Fsp3) is 0. The van der Waals surface area contributed by atoms with Gasteiger partial charge in [0.15, 0.2) is 0 Å². The van der Waals surface area contributed by atoms with Crippen molar-refractivity contribution >= 4 is 43.6 Å². The third kappa shape index (κ3) is 4.52. The zero-order chi connectivity index (χ0) is 34.6. The minimum atomic E-state index is 0.651. The lowest BCUT2D eigenvalue weighted by Gasteiger charge is -2.17. The van der Waals surface area contributed by atoms with Crippen molar-refractivity contribution in [3.05, 3.63) is 194 Å². The van der Waals surface area contributed by atoms with E-state index in [0.29, 0.717) is 5.56 Å². The van der Waals surface area contributed by atoms with Gasteiger partial charge in [-0.25, -0.2) is 0 Å². The first-order valence-electron chi connectivity index (χ1n) is 17.6. The van der Waals surface area contributed by atoms with E-state index in [1.165, 1.54) is 66.0 Å². The minimum Gasteiger partial charge on any atom is -0.309 e. The molecule has 0 aliphatic heterocycles. The van der Waals surface area contributed by atoms with Gasteiger partial charge in [0.05, 0.1) is 33.7 Å². The Balaban J connectivity index is 1.24. The molecule has 0 fully saturated rings. The Morgan fingerprint density at radius 3 is 1.48 bits per heavy atom. The third-order valence-electron chi connectivity index (χ3n) is 10.4. The van der Waals surface area contributed by atoms with Crippen LogP contribution >= 0.6 is 0 Å². The summed E-state index contributed by atoms with van der Waals surface area (Å²) in [5.74, 6) is 0. The summed E-state index contributed by atoms with van der Waals surface area (Å²) in [5.41, 5.74) is 14.6. The summed E-state index contributed by atoms with van der Waals surface area (Å²) in [5, 5.41) is 14.3. The first kappa shape index (κ1) is 29.7. The Labute approximate surface area is 301 Å². The van der Waals surface area contributed by atoms with Crippen LogP contribution in [0.3, 0.4) is 0 Å². The molecule has 3 nitrogen and oxygen atoms in total. The molecule has 242 valence electrons. The molecule has 0 spiro atoms. The van der Waals surface area contributed by atoms with E-state index in [0.717, 1.165) is 22.4 Å². The number of rotatable bonds is 5. The molecule has 10 rings (SSSR count). The number of benzene rings is 8. The van der Waals surface area contributed by atoms with Crippen molar-refractivity contribution in [3.8, 4) is 50.8 Å².